The van der Waals surface area contributed by atoms with Crippen molar-refractivity contribution in [2.45, 2.75) is 19.9 Å². The number of hydrogen-bond donors (Lipinski definition) is 2. The fourth-order valence-electron chi connectivity index (χ4n) is 1.72. The van der Waals surface area contributed by atoms with Crippen LogP contribution in [0.4, 0.5) is 5.82 Å². The molecule has 21 heavy (non-hydrogen) atoms. The largest absolute Gasteiger partial charge is 0.478 e. The lowest BCUT2D eigenvalue weighted by Gasteiger charge is -2.08. The zero-order valence-corrected chi connectivity index (χ0v) is 11.7. The van der Waals surface area contributed by atoms with Gasteiger partial charge in [0.25, 0.3) is 0 Å². The summed E-state index contributed by atoms with van der Waals surface area (Å²) in [7, 11) is 0. The van der Waals surface area contributed by atoms with Crippen LogP contribution in [-0.2, 0) is 6.54 Å². The number of hydrogen-bond acceptors (Lipinski definition) is 5. The van der Waals surface area contributed by atoms with Crippen molar-refractivity contribution < 1.29 is 14.6 Å². The molecular weight excluding hydrogens is 270 g/mol. The molecule has 6 heteroatoms. The second-order valence-corrected chi connectivity index (χ2v) is 4.45. The Morgan fingerprint density at radius 1 is 1.38 bits per heavy atom. The molecule has 1 aromatic carbocycles. The molecule has 0 unspecified atom stereocenters. The van der Waals surface area contributed by atoms with Gasteiger partial charge in [-0.05, 0) is 24.1 Å². The van der Waals surface area contributed by atoms with Crippen LogP contribution in [0.15, 0.2) is 36.7 Å². The number of carboxylic acids is 1. The number of ether oxygens (including phenoxy) is 1. The zero-order chi connectivity index (χ0) is 15.1. The Morgan fingerprint density at radius 2 is 2.24 bits per heavy atom. The van der Waals surface area contributed by atoms with Crippen molar-refractivity contribution in [3.05, 3.63) is 47.8 Å². The standard InChI is InChI=1S/C15H17N3O3/c1-2-6-21-14-10-16-9-13(18-14)17-8-11-4-3-5-12(7-11)15(19)20/h3-5,7,9-10H,2,6,8H2,1H3,(H,17,18)(H,19,20). The van der Waals surface area contributed by atoms with Crippen molar-refractivity contribution >= 4 is 11.8 Å². The van der Waals surface area contributed by atoms with Gasteiger partial charge in [-0.25, -0.2) is 4.79 Å². The number of nitrogens with zero attached hydrogens (tertiary/aromatic N) is 2. The lowest BCUT2D eigenvalue weighted by molar-refractivity contribution is 0.0697. The highest BCUT2D eigenvalue weighted by Crippen LogP contribution is 2.12. The van der Waals surface area contributed by atoms with Crippen LogP contribution in [0, 0.1) is 0 Å². The highest BCUT2D eigenvalue weighted by atomic mass is 16.5. The van der Waals surface area contributed by atoms with Crippen molar-refractivity contribution in [1.29, 1.82) is 0 Å². The molecule has 0 bridgehead atoms. The van der Waals surface area contributed by atoms with Crippen LogP contribution in [0.1, 0.15) is 29.3 Å². The van der Waals surface area contributed by atoms with Gasteiger partial charge in [0.2, 0.25) is 5.88 Å². The molecule has 0 saturated heterocycles. The third kappa shape index (κ3) is 4.45. The second-order valence-electron chi connectivity index (χ2n) is 4.45. The number of carbonyl (C=O) groups is 1. The molecule has 0 aliphatic heterocycles. The summed E-state index contributed by atoms with van der Waals surface area (Å²) < 4.78 is 5.41. The van der Waals surface area contributed by atoms with E-state index in [0.717, 1.165) is 12.0 Å². The summed E-state index contributed by atoms with van der Waals surface area (Å²) in [6.07, 6.45) is 4.06. The van der Waals surface area contributed by atoms with Gasteiger partial charge >= 0.3 is 5.97 Å². The molecule has 110 valence electrons. The lowest BCUT2D eigenvalue weighted by Crippen LogP contribution is -2.05. The quantitative estimate of drug-likeness (QED) is 0.814. The van der Waals surface area contributed by atoms with Crippen LogP contribution in [0.5, 0.6) is 5.88 Å². The number of carboxylic acid groups (broad SMARTS) is 1. The van der Waals surface area contributed by atoms with Gasteiger partial charge in [-0.1, -0.05) is 19.1 Å². The maximum Gasteiger partial charge on any atom is 0.335 e. The normalized spacial score (nSPS) is 10.1. The first-order valence-electron chi connectivity index (χ1n) is 6.70. The third-order valence-electron chi connectivity index (χ3n) is 2.71. The summed E-state index contributed by atoms with van der Waals surface area (Å²) >= 11 is 0. The van der Waals surface area contributed by atoms with Gasteiger partial charge < -0.3 is 15.2 Å². The van der Waals surface area contributed by atoms with E-state index in [1.807, 2.05) is 13.0 Å². The van der Waals surface area contributed by atoms with Crippen LogP contribution < -0.4 is 10.1 Å². The van der Waals surface area contributed by atoms with Crippen LogP contribution in [0.2, 0.25) is 0 Å². The molecule has 2 aromatic rings. The molecule has 1 heterocycles. The predicted octanol–water partition coefficient (Wildman–Crippen LogP) is 2.58. The van der Waals surface area contributed by atoms with Gasteiger partial charge in [-0.2, -0.15) is 4.98 Å². The minimum atomic E-state index is -0.938. The van der Waals surface area contributed by atoms with Gasteiger partial charge in [-0.3, -0.25) is 4.98 Å². The Hall–Kier alpha value is -2.63. The van der Waals surface area contributed by atoms with Gasteiger partial charge in [-0.15, -0.1) is 0 Å². The molecule has 0 atom stereocenters. The summed E-state index contributed by atoms with van der Waals surface area (Å²) in [5.74, 6) is 0.122. The number of aromatic carboxylic acids is 1. The van der Waals surface area contributed by atoms with Crippen LogP contribution in [-0.4, -0.2) is 27.7 Å². The van der Waals surface area contributed by atoms with E-state index in [1.54, 1.807) is 30.6 Å². The van der Waals surface area contributed by atoms with Gasteiger partial charge in [0.15, 0.2) is 0 Å². The minimum absolute atomic E-state index is 0.264. The summed E-state index contributed by atoms with van der Waals surface area (Å²) in [6.45, 7) is 3.08. The Balaban J connectivity index is 1.99. The van der Waals surface area contributed by atoms with E-state index in [4.69, 9.17) is 9.84 Å². The summed E-state index contributed by atoms with van der Waals surface area (Å²) in [4.78, 5) is 19.2. The van der Waals surface area contributed by atoms with Crippen LogP contribution in [0.25, 0.3) is 0 Å². The molecule has 1 aromatic heterocycles. The van der Waals surface area contributed by atoms with E-state index in [2.05, 4.69) is 15.3 Å². The van der Waals surface area contributed by atoms with Crippen LogP contribution in [0.3, 0.4) is 0 Å². The molecule has 6 nitrogen and oxygen atoms in total. The average Bonchev–Trinajstić information content (AvgIpc) is 2.51. The van der Waals surface area contributed by atoms with E-state index in [9.17, 15) is 4.79 Å². The number of nitrogens with one attached hydrogen (secondary N) is 1. The highest BCUT2D eigenvalue weighted by Gasteiger charge is 2.04. The monoisotopic (exact) mass is 287 g/mol. The zero-order valence-electron chi connectivity index (χ0n) is 11.7. The fourth-order valence-corrected chi connectivity index (χ4v) is 1.72. The molecule has 0 fully saturated rings. The average molecular weight is 287 g/mol. The molecule has 2 rings (SSSR count). The molecule has 0 radical (unpaired) electrons. The van der Waals surface area contributed by atoms with E-state index >= 15 is 0 Å². The number of rotatable bonds is 7. The first-order chi connectivity index (χ1) is 10.2. The molecule has 0 aliphatic carbocycles. The summed E-state index contributed by atoms with van der Waals surface area (Å²) in [5, 5.41) is 12.1. The third-order valence-corrected chi connectivity index (χ3v) is 2.71. The first kappa shape index (κ1) is 14.8. The molecule has 0 amide bonds. The van der Waals surface area contributed by atoms with Crippen LogP contribution >= 0.6 is 0 Å². The van der Waals surface area contributed by atoms with E-state index in [-0.39, 0.29) is 5.56 Å². The second kappa shape index (κ2) is 7.23. The van der Waals surface area contributed by atoms with E-state index in [0.29, 0.717) is 24.8 Å². The van der Waals surface area contributed by atoms with E-state index < -0.39 is 5.97 Å². The van der Waals surface area contributed by atoms with Crippen molar-refractivity contribution in [1.82, 2.24) is 9.97 Å². The highest BCUT2D eigenvalue weighted by molar-refractivity contribution is 5.87. The fraction of sp³-hybridized carbons (Fsp3) is 0.267. The smallest absolute Gasteiger partial charge is 0.335 e. The van der Waals surface area contributed by atoms with Crippen molar-refractivity contribution in [3.8, 4) is 5.88 Å². The Morgan fingerprint density at radius 3 is 3.00 bits per heavy atom. The number of benzene rings is 1. The lowest BCUT2D eigenvalue weighted by atomic mass is 10.1. The molecule has 0 aliphatic rings. The number of aromatic nitrogens is 2. The Labute approximate surface area is 122 Å². The number of anilines is 1. The molecule has 2 N–H and O–H groups in total. The van der Waals surface area contributed by atoms with Gasteiger partial charge in [0.1, 0.15) is 5.82 Å². The SMILES string of the molecule is CCCOc1cncc(NCc2cccc(C(=O)O)c2)n1. The topological polar surface area (TPSA) is 84.3 Å². The van der Waals surface area contributed by atoms with E-state index in [1.165, 1.54) is 0 Å². The first-order valence-corrected chi connectivity index (χ1v) is 6.70. The van der Waals surface area contributed by atoms with Gasteiger partial charge in [0, 0.05) is 6.54 Å². The molecule has 0 saturated carbocycles. The summed E-state index contributed by atoms with van der Waals surface area (Å²) in [6, 6.07) is 6.75. The minimum Gasteiger partial charge on any atom is -0.478 e. The maximum atomic E-state index is 10.9. The van der Waals surface area contributed by atoms with Gasteiger partial charge in [0.05, 0.1) is 24.6 Å². The Kier molecular flexibility index (Phi) is 5.09. The van der Waals surface area contributed by atoms with Crippen molar-refractivity contribution in [2.75, 3.05) is 11.9 Å². The van der Waals surface area contributed by atoms with Crippen molar-refractivity contribution in [2.24, 2.45) is 0 Å². The van der Waals surface area contributed by atoms with Crippen molar-refractivity contribution in [3.63, 3.8) is 0 Å². The maximum absolute atomic E-state index is 10.9. The predicted molar refractivity (Wildman–Crippen MR) is 78.5 cm³/mol. The Bertz CT molecular complexity index is 617. The summed E-state index contributed by atoms with van der Waals surface area (Å²) in [5.41, 5.74) is 1.12. The molecule has 0 spiro atoms. The molecular formula is C15H17N3O3.